The maximum atomic E-state index is 11.8. The van der Waals surface area contributed by atoms with Gasteiger partial charge < -0.3 is 10.2 Å². The van der Waals surface area contributed by atoms with Crippen LogP contribution in [0.4, 0.5) is 0 Å². The van der Waals surface area contributed by atoms with Crippen LogP contribution in [0.1, 0.15) is 23.7 Å². The molecule has 5 nitrogen and oxygen atoms in total. The fourth-order valence-electron chi connectivity index (χ4n) is 2.20. The maximum Gasteiger partial charge on any atom is 0.327 e. The maximum absolute atomic E-state index is 11.8. The van der Waals surface area contributed by atoms with Gasteiger partial charge in [-0.25, -0.2) is 4.79 Å². The van der Waals surface area contributed by atoms with E-state index in [0.717, 1.165) is 30.5 Å². The molecule has 0 saturated heterocycles. The van der Waals surface area contributed by atoms with Crippen molar-refractivity contribution in [2.24, 2.45) is 0 Å². The number of hydrogen-bond acceptors (Lipinski definition) is 4. The largest absolute Gasteiger partial charge is 0.394 e. The van der Waals surface area contributed by atoms with E-state index in [2.05, 4.69) is 4.98 Å². The van der Waals surface area contributed by atoms with Crippen molar-refractivity contribution in [3.8, 4) is 0 Å². The van der Waals surface area contributed by atoms with Gasteiger partial charge >= 0.3 is 5.69 Å². The highest BCUT2D eigenvalue weighted by molar-refractivity contribution is 7.71. The lowest BCUT2D eigenvalue weighted by atomic mass is 10.2. The first-order valence-electron chi connectivity index (χ1n) is 5.27. The summed E-state index contributed by atoms with van der Waals surface area (Å²) < 4.78 is 1.93. The lowest BCUT2D eigenvalue weighted by molar-refractivity contribution is 0.149. The molecule has 1 aromatic rings. The van der Waals surface area contributed by atoms with Gasteiger partial charge in [-0.1, -0.05) is 12.2 Å². The fourth-order valence-corrected chi connectivity index (χ4v) is 2.51. The van der Waals surface area contributed by atoms with Gasteiger partial charge in [0.25, 0.3) is 0 Å². The molecule has 0 unspecified atom stereocenters. The lowest BCUT2D eigenvalue weighted by Crippen LogP contribution is -2.33. The summed E-state index contributed by atoms with van der Waals surface area (Å²) in [6.45, 7) is -0.513. The molecule has 1 aliphatic rings. The monoisotopic (exact) mass is 242 g/mol. The van der Waals surface area contributed by atoms with Crippen LogP contribution in [0.25, 0.3) is 0 Å². The Labute approximate surface area is 97.4 Å². The van der Waals surface area contributed by atoms with Crippen LogP contribution in [0, 0.1) is 4.64 Å². The van der Waals surface area contributed by atoms with Crippen molar-refractivity contribution in [3.05, 3.63) is 26.4 Å². The highest BCUT2D eigenvalue weighted by atomic mass is 32.1. The molecule has 88 valence electrons. The Kier molecular flexibility index (Phi) is 3.22. The van der Waals surface area contributed by atoms with Crippen LogP contribution in [-0.2, 0) is 12.8 Å². The Morgan fingerprint density at radius 1 is 1.38 bits per heavy atom. The smallest absolute Gasteiger partial charge is 0.327 e. The highest BCUT2D eigenvalue weighted by Crippen LogP contribution is 2.22. The number of H-pyrrole nitrogens is 1. The minimum atomic E-state index is -0.578. The van der Waals surface area contributed by atoms with Gasteiger partial charge in [-0.2, -0.15) is 0 Å². The summed E-state index contributed by atoms with van der Waals surface area (Å²) in [6.07, 6.45) is 2.59. The van der Waals surface area contributed by atoms with Crippen LogP contribution in [0.2, 0.25) is 0 Å². The zero-order valence-corrected chi connectivity index (χ0v) is 9.59. The number of aliphatic hydroxyl groups is 2. The minimum absolute atomic E-state index is 0.256. The summed E-state index contributed by atoms with van der Waals surface area (Å²) in [7, 11) is 0. The molecule has 3 N–H and O–H groups in total. The second-order valence-corrected chi connectivity index (χ2v) is 4.34. The van der Waals surface area contributed by atoms with E-state index in [-0.39, 0.29) is 18.9 Å². The van der Waals surface area contributed by atoms with E-state index in [1.54, 1.807) is 0 Å². The van der Waals surface area contributed by atoms with Gasteiger partial charge in [-0.3, -0.25) is 9.55 Å². The summed E-state index contributed by atoms with van der Waals surface area (Å²) in [5, 5.41) is 18.3. The number of fused-ring (bicyclic) bond motifs is 1. The first-order chi connectivity index (χ1) is 7.69. The van der Waals surface area contributed by atoms with E-state index in [1.165, 1.54) is 4.57 Å². The molecular formula is C10H14N2O3S. The van der Waals surface area contributed by atoms with Crippen molar-refractivity contribution >= 4 is 12.2 Å². The molecular weight excluding hydrogens is 228 g/mol. The molecule has 1 heterocycles. The molecule has 16 heavy (non-hydrogen) atoms. The Morgan fingerprint density at radius 2 is 2.06 bits per heavy atom. The van der Waals surface area contributed by atoms with Crippen molar-refractivity contribution in [3.63, 3.8) is 0 Å². The van der Waals surface area contributed by atoms with Crippen LogP contribution in [0.15, 0.2) is 4.79 Å². The van der Waals surface area contributed by atoms with E-state index >= 15 is 0 Å². The molecule has 0 atom stereocenters. The molecule has 0 radical (unpaired) electrons. The van der Waals surface area contributed by atoms with Crippen molar-refractivity contribution in [1.82, 2.24) is 9.55 Å². The number of nitrogens with zero attached hydrogens (tertiary/aromatic N) is 1. The molecule has 1 aliphatic carbocycles. The molecule has 1 aromatic heterocycles. The van der Waals surface area contributed by atoms with Gasteiger partial charge in [0.05, 0.1) is 19.3 Å². The van der Waals surface area contributed by atoms with Gasteiger partial charge in [0.2, 0.25) is 0 Å². The third-order valence-electron chi connectivity index (χ3n) is 2.98. The number of aliphatic hydroxyl groups excluding tert-OH is 2. The SMILES string of the molecule is O=c1[nH]c(=S)c2c(n1C(CO)CO)CCC2. The van der Waals surface area contributed by atoms with Crippen LogP contribution in [0.3, 0.4) is 0 Å². The van der Waals surface area contributed by atoms with Crippen LogP contribution >= 0.6 is 12.2 Å². The van der Waals surface area contributed by atoms with Gasteiger partial charge in [0.15, 0.2) is 0 Å². The highest BCUT2D eigenvalue weighted by Gasteiger charge is 2.22. The lowest BCUT2D eigenvalue weighted by Gasteiger charge is -2.18. The summed E-state index contributed by atoms with van der Waals surface area (Å²) in [4.78, 5) is 14.4. The molecule has 6 heteroatoms. The van der Waals surface area contributed by atoms with Crippen molar-refractivity contribution in [1.29, 1.82) is 0 Å². The quantitative estimate of drug-likeness (QED) is 0.648. The van der Waals surface area contributed by atoms with Crippen LogP contribution in [0.5, 0.6) is 0 Å². The number of rotatable bonds is 3. The Hall–Kier alpha value is -0.980. The molecule has 0 saturated carbocycles. The van der Waals surface area contributed by atoms with Crippen molar-refractivity contribution in [2.45, 2.75) is 25.3 Å². The molecule has 0 spiro atoms. The average Bonchev–Trinajstić information content (AvgIpc) is 2.73. The molecule has 0 amide bonds. The van der Waals surface area contributed by atoms with Crippen molar-refractivity contribution in [2.75, 3.05) is 13.2 Å². The van der Waals surface area contributed by atoms with E-state index in [0.29, 0.717) is 4.64 Å². The minimum Gasteiger partial charge on any atom is -0.394 e. The second kappa shape index (κ2) is 4.48. The third kappa shape index (κ3) is 1.73. The number of nitrogens with one attached hydrogen (secondary N) is 1. The second-order valence-electron chi connectivity index (χ2n) is 3.93. The molecule has 0 aromatic carbocycles. The first-order valence-corrected chi connectivity index (χ1v) is 5.68. The van der Waals surface area contributed by atoms with Gasteiger partial charge in [-0.05, 0) is 19.3 Å². The third-order valence-corrected chi connectivity index (χ3v) is 3.33. The predicted octanol–water partition coefficient (Wildman–Crippen LogP) is -0.0797. The molecule has 0 fully saturated rings. The first kappa shape index (κ1) is 11.5. The summed E-state index contributed by atoms with van der Waals surface area (Å²) in [6, 6.07) is -0.578. The molecule has 0 aliphatic heterocycles. The van der Waals surface area contributed by atoms with E-state index in [1.807, 2.05) is 0 Å². The Balaban J connectivity index is 2.66. The number of aromatic nitrogens is 2. The predicted molar refractivity (Wildman–Crippen MR) is 61.1 cm³/mol. The number of aromatic amines is 1. The topological polar surface area (TPSA) is 78.2 Å². The standard InChI is InChI=1S/C10H14N2O3S/c13-4-6(5-14)12-8-3-1-2-7(8)9(16)11-10(12)15/h6,13-14H,1-5H2,(H,11,15,16). The van der Waals surface area contributed by atoms with Crippen molar-refractivity contribution < 1.29 is 10.2 Å². The van der Waals surface area contributed by atoms with E-state index in [9.17, 15) is 4.79 Å². The summed E-state index contributed by atoms with van der Waals surface area (Å²) in [5.41, 5.74) is 1.49. The number of hydrogen-bond donors (Lipinski definition) is 3. The van der Waals surface area contributed by atoms with E-state index in [4.69, 9.17) is 22.4 Å². The Morgan fingerprint density at radius 3 is 2.69 bits per heavy atom. The van der Waals surface area contributed by atoms with Gasteiger partial charge in [0, 0.05) is 11.3 Å². The molecule has 2 rings (SSSR count). The fraction of sp³-hybridized carbons (Fsp3) is 0.600. The molecule has 0 bridgehead atoms. The summed E-state index contributed by atoms with van der Waals surface area (Å²) in [5.74, 6) is 0. The van der Waals surface area contributed by atoms with Gasteiger partial charge in [-0.15, -0.1) is 0 Å². The summed E-state index contributed by atoms with van der Waals surface area (Å²) >= 11 is 5.09. The zero-order valence-electron chi connectivity index (χ0n) is 8.77. The normalized spacial score (nSPS) is 14.4. The Bertz CT molecular complexity index is 502. The zero-order chi connectivity index (χ0) is 11.7. The average molecular weight is 242 g/mol. The van der Waals surface area contributed by atoms with Gasteiger partial charge in [0.1, 0.15) is 4.64 Å². The van der Waals surface area contributed by atoms with Crippen LogP contribution < -0.4 is 5.69 Å². The van der Waals surface area contributed by atoms with E-state index < -0.39 is 6.04 Å². The van der Waals surface area contributed by atoms with Crippen LogP contribution in [-0.4, -0.2) is 33.0 Å².